The van der Waals surface area contributed by atoms with E-state index in [9.17, 15) is 13.2 Å². The van der Waals surface area contributed by atoms with E-state index in [1.165, 1.54) is 18.2 Å². The molecule has 6 nitrogen and oxygen atoms in total. The molecule has 0 bridgehead atoms. The van der Waals surface area contributed by atoms with Gasteiger partial charge in [0.2, 0.25) is 0 Å². The highest BCUT2D eigenvalue weighted by Gasteiger charge is 2.17. The van der Waals surface area contributed by atoms with Gasteiger partial charge in [-0.2, -0.15) is 0 Å². The fourth-order valence-electron chi connectivity index (χ4n) is 1.33. The number of hydrogen-bond donors (Lipinski definition) is 2. The van der Waals surface area contributed by atoms with Crippen LogP contribution >= 0.6 is 11.3 Å². The van der Waals surface area contributed by atoms with Crippen LogP contribution in [-0.2, 0) is 10.0 Å². The second kappa shape index (κ2) is 4.98. The van der Waals surface area contributed by atoms with Crippen molar-refractivity contribution >= 4 is 33.1 Å². The average Bonchev–Trinajstić information content (AvgIpc) is 2.77. The zero-order chi connectivity index (χ0) is 14.0. The summed E-state index contributed by atoms with van der Waals surface area (Å²) in [4.78, 5) is 15.3. The number of sulfonamides is 1. The Hall–Kier alpha value is -1.93. The number of nitrogens with zero attached hydrogens (tertiary/aromatic N) is 1. The summed E-state index contributed by atoms with van der Waals surface area (Å²) in [5.41, 5.74) is -0.00471. The predicted molar refractivity (Wildman–Crippen MR) is 71.1 cm³/mol. The maximum absolute atomic E-state index is 12.0. The highest BCUT2D eigenvalue weighted by Crippen LogP contribution is 2.22. The number of carbonyl (C=O) groups is 1. The number of nitrogens with one attached hydrogen (secondary N) is 1. The third-order valence-electron chi connectivity index (χ3n) is 2.23. The standard InChI is InChI=1S/C11H10N2O4S2/c1-7-2-5-10(18-7)19(16,17)13-9-4-3-8(6-12-9)11(14)15/h2-6H,1H3,(H,12,13)(H,14,15). The van der Waals surface area contributed by atoms with Gasteiger partial charge in [-0.25, -0.2) is 18.2 Å². The van der Waals surface area contributed by atoms with Gasteiger partial charge in [-0.15, -0.1) is 11.3 Å². The lowest BCUT2D eigenvalue weighted by Crippen LogP contribution is -2.12. The van der Waals surface area contributed by atoms with Crippen molar-refractivity contribution in [2.45, 2.75) is 11.1 Å². The summed E-state index contributed by atoms with van der Waals surface area (Å²) in [6.07, 6.45) is 1.10. The van der Waals surface area contributed by atoms with Crippen LogP contribution in [0.4, 0.5) is 5.82 Å². The van der Waals surface area contributed by atoms with Crippen LogP contribution in [0.2, 0.25) is 0 Å². The van der Waals surface area contributed by atoms with Crippen molar-refractivity contribution in [2.75, 3.05) is 4.72 Å². The molecule has 2 aromatic rings. The second-order valence-electron chi connectivity index (χ2n) is 3.71. The van der Waals surface area contributed by atoms with Crippen molar-refractivity contribution in [3.63, 3.8) is 0 Å². The van der Waals surface area contributed by atoms with E-state index < -0.39 is 16.0 Å². The topological polar surface area (TPSA) is 96.4 Å². The molecule has 0 radical (unpaired) electrons. The van der Waals surface area contributed by atoms with Gasteiger partial charge in [0.05, 0.1) is 5.56 Å². The minimum absolute atomic E-state index is 0.00471. The number of carboxylic acid groups (broad SMARTS) is 1. The molecule has 19 heavy (non-hydrogen) atoms. The Bertz CT molecular complexity index is 705. The number of hydrogen-bond acceptors (Lipinski definition) is 5. The third-order valence-corrected chi connectivity index (χ3v) is 5.08. The Kier molecular flexibility index (Phi) is 3.54. The summed E-state index contributed by atoms with van der Waals surface area (Å²) < 4.78 is 26.4. The highest BCUT2D eigenvalue weighted by molar-refractivity contribution is 7.94. The Morgan fingerprint density at radius 2 is 2.05 bits per heavy atom. The maximum atomic E-state index is 12.0. The largest absolute Gasteiger partial charge is 0.478 e. The molecule has 0 spiro atoms. The summed E-state index contributed by atoms with van der Waals surface area (Å²) >= 11 is 1.15. The van der Waals surface area contributed by atoms with Crippen LogP contribution < -0.4 is 4.72 Å². The number of carboxylic acids is 1. The molecule has 100 valence electrons. The van der Waals surface area contributed by atoms with Crippen LogP contribution in [0.1, 0.15) is 15.2 Å². The molecule has 0 aliphatic rings. The minimum atomic E-state index is -3.67. The first kappa shape index (κ1) is 13.5. The molecule has 2 rings (SSSR count). The molecule has 0 unspecified atom stereocenters. The lowest BCUT2D eigenvalue weighted by molar-refractivity contribution is 0.0696. The molecule has 8 heteroatoms. The first-order chi connectivity index (χ1) is 8.88. The van der Waals surface area contributed by atoms with Gasteiger partial charge < -0.3 is 5.11 Å². The molecule has 0 fully saturated rings. The third kappa shape index (κ3) is 3.09. The number of aromatic carboxylic acids is 1. The van der Waals surface area contributed by atoms with Gasteiger partial charge in [-0.05, 0) is 31.2 Å². The average molecular weight is 298 g/mol. The first-order valence-corrected chi connectivity index (χ1v) is 7.47. The van der Waals surface area contributed by atoms with Crippen molar-refractivity contribution in [1.29, 1.82) is 0 Å². The lowest BCUT2D eigenvalue weighted by Gasteiger charge is -2.05. The quantitative estimate of drug-likeness (QED) is 0.899. The summed E-state index contributed by atoms with van der Waals surface area (Å²) in [7, 11) is -3.67. The molecule has 0 atom stereocenters. The molecule has 2 heterocycles. The van der Waals surface area contributed by atoms with E-state index in [4.69, 9.17) is 5.11 Å². The van der Waals surface area contributed by atoms with Crippen LogP contribution in [-0.4, -0.2) is 24.5 Å². The van der Waals surface area contributed by atoms with Crippen LogP contribution in [0.25, 0.3) is 0 Å². The van der Waals surface area contributed by atoms with Gasteiger partial charge in [-0.1, -0.05) is 0 Å². The molecule has 0 amide bonds. The van der Waals surface area contributed by atoms with Crippen molar-refractivity contribution in [1.82, 2.24) is 4.98 Å². The summed E-state index contributed by atoms with van der Waals surface area (Å²) in [5, 5.41) is 8.71. The van der Waals surface area contributed by atoms with Crippen LogP contribution in [0.5, 0.6) is 0 Å². The van der Waals surface area contributed by atoms with E-state index in [1.807, 2.05) is 6.92 Å². The predicted octanol–water partition coefficient (Wildman–Crippen LogP) is 1.95. The number of thiophene rings is 1. The van der Waals surface area contributed by atoms with Crippen molar-refractivity contribution in [2.24, 2.45) is 0 Å². The number of pyridine rings is 1. The molecule has 0 saturated heterocycles. The Morgan fingerprint density at radius 3 is 2.53 bits per heavy atom. The molecule has 0 saturated carbocycles. The summed E-state index contributed by atoms with van der Waals surface area (Å²) in [5.74, 6) is -1.04. The summed E-state index contributed by atoms with van der Waals surface area (Å²) in [6, 6.07) is 5.81. The van der Waals surface area contributed by atoms with Gasteiger partial charge in [0.25, 0.3) is 10.0 Å². The van der Waals surface area contributed by atoms with Crippen molar-refractivity contribution in [3.8, 4) is 0 Å². The monoisotopic (exact) mass is 298 g/mol. The Labute approximate surface area is 113 Å². The Balaban J connectivity index is 2.23. The van der Waals surface area contributed by atoms with E-state index in [1.54, 1.807) is 6.07 Å². The van der Waals surface area contributed by atoms with Crippen LogP contribution in [0.15, 0.2) is 34.7 Å². The minimum Gasteiger partial charge on any atom is -0.478 e. The van der Waals surface area contributed by atoms with E-state index >= 15 is 0 Å². The molecular formula is C11H10N2O4S2. The highest BCUT2D eigenvalue weighted by atomic mass is 32.2. The number of rotatable bonds is 4. The molecule has 2 N–H and O–H groups in total. The van der Waals surface area contributed by atoms with Gasteiger partial charge in [-0.3, -0.25) is 4.72 Å². The Morgan fingerprint density at radius 1 is 1.32 bits per heavy atom. The smallest absolute Gasteiger partial charge is 0.337 e. The summed E-state index contributed by atoms with van der Waals surface area (Å²) in [6.45, 7) is 1.81. The number of anilines is 1. The van der Waals surface area contributed by atoms with Gasteiger partial charge in [0.15, 0.2) is 0 Å². The second-order valence-corrected chi connectivity index (χ2v) is 6.90. The fourth-order valence-corrected chi connectivity index (χ4v) is 3.62. The zero-order valence-electron chi connectivity index (χ0n) is 9.82. The normalized spacial score (nSPS) is 11.2. The maximum Gasteiger partial charge on any atom is 0.337 e. The van der Waals surface area contributed by atoms with Crippen molar-refractivity contribution < 1.29 is 18.3 Å². The van der Waals surface area contributed by atoms with E-state index in [0.717, 1.165) is 22.4 Å². The fraction of sp³-hybridized carbons (Fsp3) is 0.0909. The van der Waals surface area contributed by atoms with Crippen LogP contribution in [0, 0.1) is 6.92 Å². The molecule has 0 aliphatic carbocycles. The van der Waals surface area contributed by atoms with Gasteiger partial charge >= 0.3 is 5.97 Å². The van der Waals surface area contributed by atoms with E-state index in [-0.39, 0.29) is 15.6 Å². The number of aromatic nitrogens is 1. The molecule has 0 aromatic carbocycles. The number of aryl methyl sites for hydroxylation is 1. The van der Waals surface area contributed by atoms with E-state index in [2.05, 4.69) is 9.71 Å². The SMILES string of the molecule is Cc1ccc(S(=O)(=O)Nc2ccc(C(=O)O)cn2)s1. The van der Waals surface area contributed by atoms with E-state index in [0.29, 0.717) is 0 Å². The van der Waals surface area contributed by atoms with Gasteiger partial charge in [0.1, 0.15) is 10.0 Å². The molecule has 2 aromatic heterocycles. The van der Waals surface area contributed by atoms with Crippen molar-refractivity contribution in [3.05, 3.63) is 40.9 Å². The zero-order valence-corrected chi connectivity index (χ0v) is 11.5. The molecular weight excluding hydrogens is 288 g/mol. The van der Waals surface area contributed by atoms with Gasteiger partial charge in [0, 0.05) is 11.1 Å². The lowest BCUT2D eigenvalue weighted by atomic mass is 10.3. The first-order valence-electron chi connectivity index (χ1n) is 5.17. The molecule has 0 aliphatic heterocycles. The van der Waals surface area contributed by atoms with Crippen LogP contribution in [0.3, 0.4) is 0 Å².